The molecule has 3 atom stereocenters. The first-order valence-corrected chi connectivity index (χ1v) is 14.0. The van der Waals surface area contributed by atoms with Crippen LogP contribution in [0, 0.1) is 5.92 Å². The molecule has 0 fully saturated rings. The number of nitrogens with zero attached hydrogens (tertiary/aromatic N) is 4. The quantitative estimate of drug-likeness (QED) is 0.305. The third-order valence-electron chi connectivity index (χ3n) is 6.21. The van der Waals surface area contributed by atoms with E-state index < -0.39 is 28.2 Å². The maximum absolute atomic E-state index is 13.3. The van der Waals surface area contributed by atoms with Crippen molar-refractivity contribution in [2.75, 3.05) is 0 Å². The van der Waals surface area contributed by atoms with E-state index in [1.54, 1.807) is 24.4 Å². The molecule has 1 amide bonds. The molecule has 5 rings (SSSR count). The standard InChI is InChI=1S/C24H26N6O5S2/c1-13(2)22(23(32)27-21-17-6-4-3-5-14(17)9-19(21)31)30-11-15(28-29-30)12-35-16-7-8-18-20(10-16)36-24(26-18)37(25,33)34/h3-8,10-11,13,19,21-22,31H,9,12H2,1-2H3,(H,27,32)(H2,25,33,34)/t19-,21+,22?/m0/s1. The molecule has 0 radical (unpaired) electrons. The van der Waals surface area contributed by atoms with Gasteiger partial charge in [-0.2, -0.15) is 0 Å². The smallest absolute Gasteiger partial charge is 0.265 e. The first-order valence-electron chi connectivity index (χ1n) is 11.6. The minimum Gasteiger partial charge on any atom is -0.487 e. The van der Waals surface area contributed by atoms with E-state index in [4.69, 9.17) is 9.88 Å². The normalized spacial score (nSPS) is 18.2. The Morgan fingerprint density at radius 1 is 1.30 bits per heavy atom. The molecular weight excluding hydrogens is 516 g/mol. The van der Waals surface area contributed by atoms with Gasteiger partial charge in [0.25, 0.3) is 10.0 Å². The first-order chi connectivity index (χ1) is 17.6. The molecule has 37 heavy (non-hydrogen) atoms. The monoisotopic (exact) mass is 542 g/mol. The molecule has 1 aliphatic rings. The first kappa shape index (κ1) is 25.3. The van der Waals surface area contributed by atoms with Crippen molar-refractivity contribution in [3.05, 3.63) is 65.5 Å². The lowest BCUT2D eigenvalue weighted by Crippen LogP contribution is -2.40. The number of hydrogen-bond acceptors (Lipinski definition) is 9. The molecule has 0 spiro atoms. The number of carbonyl (C=O) groups excluding carboxylic acids is 1. The van der Waals surface area contributed by atoms with Crippen molar-refractivity contribution in [1.82, 2.24) is 25.3 Å². The number of sulfonamides is 1. The van der Waals surface area contributed by atoms with Crippen LogP contribution in [0.2, 0.25) is 0 Å². The number of nitrogens with two attached hydrogens (primary N) is 1. The fourth-order valence-corrected chi connectivity index (χ4v) is 6.17. The number of hydrogen-bond donors (Lipinski definition) is 3. The SMILES string of the molecule is CC(C)C(C(=O)N[C@@H]1c2ccccc2C[C@@H]1O)n1cc(COc2ccc3nc(S(N)(=O)=O)sc3c2)nn1. The van der Waals surface area contributed by atoms with E-state index in [0.29, 0.717) is 28.1 Å². The summed E-state index contributed by atoms with van der Waals surface area (Å²) in [5, 5.41) is 27.0. The summed E-state index contributed by atoms with van der Waals surface area (Å²) >= 11 is 0.965. The van der Waals surface area contributed by atoms with Crippen molar-refractivity contribution in [2.45, 2.75) is 49.4 Å². The maximum atomic E-state index is 13.3. The fraction of sp³-hybridized carbons (Fsp3) is 0.333. The van der Waals surface area contributed by atoms with E-state index in [1.807, 2.05) is 38.1 Å². The highest BCUT2D eigenvalue weighted by molar-refractivity contribution is 7.91. The number of aromatic nitrogens is 4. The van der Waals surface area contributed by atoms with Gasteiger partial charge < -0.3 is 15.2 Å². The van der Waals surface area contributed by atoms with Gasteiger partial charge in [0, 0.05) is 6.42 Å². The van der Waals surface area contributed by atoms with Crippen molar-refractivity contribution in [3.63, 3.8) is 0 Å². The van der Waals surface area contributed by atoms with Crippen LogP contribution in [0.4, 0.5) is 0 Å². The zero-order valence-electron chi connectivity index (χ0n) is 20.1. The number of aliphatic hydroxyl groups excluding tert-OH is 1. The Balaban J connectivity index is 1.28. The van der Waals surface area contributed by atoms with Gasteiger partial charge in [-0.25, -0.2) is 23.2 Å². The second-order valence-corrected chi connectivity index (χ2v) is 12.0. The zero-order valence-corrected chi connectivity index (χ0v) is 21.7. The van der Waals surface area contributed by atoms with Gasteiger partial charge in [0.1, 0.15) is 24.1 Å². The van der Waals surface area contributed by atoms with Gasteiger partial charge in [-0.15, -0.1) is 16.4 Å². The fourth-order valence-electron chi connectivity index (χ4n) is 4.48. The Kier molecular flexibility index (Phi) is 6.70. The summed E-state index contributed by atoms with van der Waals surface area (Å²) in [6, 6.07) is 11.6. The van der Waals surface area contributed by atoms with Crippen molar-refractivity contribution in [1.29, 1.82) is 0 Å². The van der Waals surface area contributed by atoms with Crippen LogP contribution in [-0.4, -0.2) is 45.5 Å². The zero-order chi connectivity index (χ0) is 26.3. The Morgan fingerprint density at radius 3 is 2.84 bits per heavy atom. The van der Waals surface area contributed by atoms with Crippen molar-refractivity contribution < 1.29 is 23.1 Å². The van der Waals surface area contributed by atoms with Crippen molar-refractivity contribution in [2.24, 2.45) is 11.1 Å². The number of rotatable bonds is 8. The highest BCUT2D eigenvalue weighted by Gasteiger charge is 2.35. The number of ether oxygens (including phenoxy) is 1. The lowest BCUT2D eigenvalue weighted by molar-refractivity contribution is -0.127. The van der Waals surface area contributed by atoms with Gasteiger partial charge in [-0.1, -0.05) is 43.3 Å². The molecule has 2 heterocycles. The van der Waals surface area contributed by atoms with Gasteiger partial charge in [-0.05, 0) is 35.2 Å². The van der Waals surface area contributed by atoms with E-state index in [-0.39, 0.29) is 22.8 Å². The number of fused-ring (bicyclic) bond motifs is 2. The summed E-state index contributed by atoms with van der Waals surface area (Å²) in [7, 11) is -3.88. The number of carbonyl (C=O) groups is 1. The predicted molar refractivity (Wildman–Crippen MR) is 136 cm³/mol. The summed E-state index contributed by atoms with van der Waals surface area (Å²) in [5.74, 6) is 0.152. The number of primary sulfonamides is 1. The summed E-state index contributed by atoms with van der Waals surface area (Å²) in [6.07, 6.45) is 1.47. The van der Waals surface area contributed by atoms with Crippen molar-refractivity contribution in [3.8, 4) is 5.75 Å². The van der Waals surface area contributed by atoms with Gasteiger partial charge in [0.15, 0.2) is 0 Å². The summed E-state index contributed by atoms with van der Waals surface area (Å²) in [6.45, 7) is 3.93. The number of thiazole rings is 1. The van der Waals surface area contributed by atoms with Crippen LogP contribution in [0.25, 0.3) is 10.2 Å². The Bertz CT molecular complexity index is 1560. The van der Waals surface area contributed by atoms with E-state index in [0.717, 1.165) is 22.5 Å². The highest BCUT2D eigenvalue weighted by atomic mass is 32.2. The van der Waals surface area contributed by atoms with E-state index in [2.05, 4.69) is 20.6 Å². The molecule has 4 aromatic rings. The van der Waals surface area contributed by atoms with Crippen LogP contribution < -0.4 is 15.2 Å². The lowest BCUT2D eigenvalue weighted by Gasteiger charge is -2.24. The number of benzene rings is 2. The van der Waals surface area contributed by atoms with Crippen LogP contribution in [0.3, 0.4) is 0 Å². The molecule has 0 aliphatic heterocycles. The average molecular weight is 543 g/mol. The molecule has 0 saturated heterocycles. The highest BCUT2D eigenvalue weighted by Crippen LogP contribution is 2.32. The molecule has 13 heteroatoms. The molecule has 11 nitrogen and oxygen atoms in total. The van der Waals surface area contributed by atoms with Crippen LogP contribution in [-0.2, 0) is 27.8 Å². The molecule has 194 valence electrons. The molecule has 2 aromatic heterocycles. The molecular formula is C24H26N6O5S2. The Morgan fingerprint density at radius 2 is 2.08 bits per heavy atom. The second-order valence-electron chi connectivity index (χ2n) is 9.28. The van der Waals surface area contributed by atoms with E-state index in [1.165, 1.54) is 4.68 Å². The number of amides is 1. The van der Waals surface area contributed by atoms with Gasteiger partial charge in [0.2, 0.25) is 10.2 Å². The van der Waals surface area contributed by atoms with Gasteiger partial charge >= 0.3 is 0 Å². The second kappa shape index (κ2) is 9.82. The van der Waals surface area contributed by atoms with Crippen molar-refractivity contribution >= 4 is 37.5 Å². The minimum absolute atomic E-state index is 0.0908. The molecule has 0 saturated carbocycles. The summed E-state index contributed by atoms with van der Waals surface area (Å²) in [4.78, 5) is 17.3. The Hall–Kier alpha value is -3.39. The summed E-state index contributed by atoms with van der Waals surface area (Å²) < 4.78 is 30.9. The molecule has 0 bridgehead atoms. The summed E-state index contributed by atoms with van der Waals surface area (Å²) in [5.41, 5.74) is 2.97. The third kappa shape index (κ3) is 5.21. The van der Waals surface area contributed by atoms with E-state index in [9.17, 15) is 18.3 Å². The average Bonchev–Trinajstić information content (AvgIpc) is 3.55. The lowest BCUT2D eigenvalue weighted by atomic mass is 10.0. The molecule has 1 aliphatic carbocycles. The maximum Gasteiger partial charge on any atom is 0.265 e. The topological polar surface area (TPSA) is 162 Å². The minimum atomic E-state index is -3.88. The van der Waals surface area contributed by atoms with Gasteiger partial charge in [0.05, 0.1) is 28.6 Å². The van der Waals surface area contributed by atoms with Crippen LogP contribution in [0.5, 0.6) is 5.75 Å². The van der Waals surface area contributed by atoms with Gasteiger partial charge in [-0.3, -0.25) is 4.79 Å². The number of aliphatic hydroxyl groups is 1. The third-order valence-corrected chi connectivity index (χ3v) is 8.55. The van der Waals surface area contributed by atoms with E-state index >= 15 is 0 Å². The van der Waals surface area contributed by atoms with Crippen LogP contribution >= 0.6 is 11.3 Å². The molecule has 4 N–H and O–H groups in total. The largest absolute Gasteiger partial charge is 0.487 e. The van der Waals surface area contributed by atoms with Crippen LogP contribution in [0.1, 0.15) is 42.8 Å². The molecule has 2 aromatic carbocycles. The number of nitrogens with one attached hydrogen (secondary N) is 1. The predicted octanol–water partition coefficient (Wildman–Crippen LogP) is 2.09. The van der Waals surface area contributed by atoms with Crippen LogP contribution in [0.15, 0.2) is 53.0 Å². The Labute approximate surface area is 217 Å². The molecule has 1 unspecified atom stereocenters.